The number of likely N-dealkylation sites (tertiary alicyclic amines) is 1. The van der Waals surface area contributed by atoms with Crippen molar-refractivity contribution in [3.63, 3.8) is 0 Å². The van der Waals surface area contributed by atoms with E-state index in [1.165, 1.54) is 23.1 Å². The van der Waals surface area contributed by atoms with Crippen LogP contribution in [0.15, 0.2) is 22.7 Å². The molecule has 19 heavy (non-hydrogen) atoms. The van der Waals surface area contributed by atoms with Gasteiger partial charge < -0.3 is 10.0 Å². The minimum absolute atomic E-state index is 0.127. The number of carbonyl (C=O) groups excluding carboxylic acids is 1. The molecule has 1 amide bonds. The van der Waals surface area contributed by atoms with Crippen LogP contribution in [0.4, 0.5) is 5.69 Å². The van der Waals surface area contributed by atoms with Crippen molar-refractivity contribution in [3.8, 4) is 0 Å². The van der Waals surface area contributed by atoms with Crippen molar-refractivity contribution in [1.82, 2.24) is 4.90 Å². The van der Waals surface area contributed by atoms with Crippen LogP contribution in [0.1, 0.15) is 23.7 Å². The van der Waals surface area contributed by atoms with Crippen molar-refractivity contribution in [2.24, 2.45) is 0 Å². The fourth-order valence-electron chi connectivity index (χ4n) is 2.08. The van der Waals surface area contributed by atoms with Gasteiger partial charge in [0.05, 0.1) is 16.1 Å². The summed E-state index contributed by atoms with van der Waals surface area (Å²) in [5.74, 6) is -0.312. The van der Waals surface area contributed by atoms with Gasteiger partial charge in [0.2, 0.25) is 0 Å². The molecule has 1 aromatic carbocycles. The molecule has 2 rings (SSSR count). The number of benzene rings is 1. The zero-order chi connectivity index (χ0) is 14.2. The van der Waals surface area contributed by atoms with E-state index >= 15 is 0 Å². The van der Waals surface area contributed by atoms with Gasteiger partial charge in [0, 0.05) is 29.7 Å². The molecule has 1 aliphatic rings. The van der Waals surface area contributed by atoms with E-state index in [2.05, 4.69) is 15.9 Å². The summed E-state index contributed by atoms with van der Waals surface area (Å²) in [5, 5.41) is 20.6. The topological polar surface area (TPSA) is 83.7 Å². The third-order valence-electron chi connectivity index (χ3n) is 3.13. The SMILES string of the molecule is CC1(O)CCN(C(=O)c2cc([N+](=O)[O-])ccc2Br)C1. The van der Waals surface area contributed by atoms with Crippen molar-refractivity contribution in [1.29, 1.82) is 0 Å². The van der Waals surface area contributed by atoms with Crippen molar-refractivity contribution in [2.45, 2.75) is 18.9 Å². The second-order valence-electron chi connectivity index (χ2n) is 4.89. The maximum atomic E-state index is 12.3. The summed E-state index contributed by atoms with van der Waals surface area (Å²) in [5.41, 5.74) is -0.771. The molecule has 0 bridgehead atoms. The number of aliphatic hydroxyl groups is 1. The third kappa shape index (κ3) is 2.93. The van der Waals surface area contributed by atoms with Gasteiger partial charge in [-0.15, -0.1) is 0 Å². The number of nitrogens with zero attached hydrogens (tertiary/aromatic N) is 2. The normalized spacial score (nSPS) is 22.6. The standard InChI is InChI=1S/C12H13BrN2O4/c1-12(17)4-5-14(7-12)11(16)9-6-8(15(18)19)2-3-10(9)13/h2-3,6,17H,4-5,7H2,1H3. The van der Waals surface area contributed by atoms with E-state index < -0.39 is 10.5 Å². The molecule has 1 aliphatic heterocycles. The first kappa shape index (κ1) is 14.0. The van der Waals surface area contributed by atoms with Crippen LogP contribution < -0.4 is 0 Å². The van der Waals surface area contributed by atoms with Gasteiger partial charge in [0.15, 0.2) is 0 Å². The highest BCUT2D eigenvalue weighted by Crippen LogP contribution is 2.27. The Kier molecular flexibility index (Phi) is 3.60. The molecule has 1 N–H and O–H groups in total. The van der Waals surface area contributed by atoms with E-state index in [1.54, 1.807) is 6.92 Å². The first-order chi connectivity index (χ1) is 8.80. The van der Waals surface area contributed by atoms with E-state index in [9.17, 15) is 20.0 Å². The maximum Gasteiger partial charge on any atom is 0.270 e. The number of hydrogen-bond donors (Lipinski definition) is 1. The first-order valence-corrected chi connectivity index (χ1v) is 6.55. The predicted molar refractivity (Wildman–Crippen MR) is 71.9 cm³/mol. The van der Waals surface area contributed by atoms with Crippen molar-refractivity contribution < 1.29 is 14.8 Å². The fourth-order valence-corrected chi connectivity index (χ4v) is 2.50. The summed E-state index contributed by atoms with van der Waals surface area (Å²) in [6.45, 7) is 2.35. The Morgan fingerprint density at radius 2 is 2.26 bits per heavy atom. The van der Waals surface area contributed by atoms with Crippen molar-refractivity contribution in [3.05, 3.63) is 38.3 Å². The van der Waals surface area contributed by atoms with Crippen LogP contribution in [0.3, 0.4) is 0 Å². The molecule has 0 saturated carbocycles. The molecule has 1 heterocycles. The Bertz CT molecular complexity index is 545. The van der Waals surface area contributed by atoms with Crippen LogP contribution in [0.5, 0.6) is 0 Å². The van der Waals surface area contributed by atoms with E-state index in [0.717, 1.165) is 0 Å². The average molecular weight is 329 g/mol. The lowest BCUT2D eigenvalue weighted by atomic mass is 10.1. The number of amides is 1. The number of nitro groups is 1. The van der Waals surface area contributed by atoms with E-state index in [1.807, 2.05) is 0 Å². The lowest BCUT2D eigenvalue weighted by Crippen LogP contribution is -2.34. The molecule has 0 aromatic heterocycles. The number of non-ortho nitro benzene ring substituents is 1. The zero-order valence-electron chi connectivity index (χ0n) is 10.3. The van der Waals surface area contributed by atoms with Gasteiger partial charge in [-0.2, -0.15) is 0 Å². The van der Waals surface area contributed by atoms with Crippen LogP contribution >= 0.6 is 15.9 Å². The Morgan fingerprint density at radius 1 is 1.58 bits per heavy atom. The van der Waals surface area contributed by atoms with Crippen LogP contribution in [-0.4, -0.2) is 39.5 Å². The van der Waals surface area contributed by atoms with Gasteiger partial charge in [-0.1, -0.05) is 0 Å². The van der Waals surface area contributed by atoms with Crippen LogP contribution in [0.25, 0.3) is 0 Å². The molecule has 102 valence electrons. The molecule has 0 aliphatic carbocycles. The fraction of sp³-hybridized carbons (Fsp3) is 0.417. The van der Waals surface area contributed by atoms with Gasteiger partial charge >= 0.3 is 0 Å². The Labute approximate surface area is 118 Å². The van der Waals surface area contributed by atoms with Gasteiger partial charge in [0.1, 0.15) is 0 Å². The lowest BCUT2D eigenvalue weighted by Gasteiger charge is -2.19. The largest absolute Gasteiger partial charge is 0.388 e. The molecule has 1 aromatic rings. The average Bonchev–Trinajstić information content (AvgIpc) is 2.69. The van der Waals surface area contributed by atoms with Gasteiger partial charge in [-0.25, -0.2) is 0 Å². The number of halogens is 1. The summed E-state index contributed by atoms with van der Waals surface area (Å²) in [7, 11) is 0. The molecule has 1 atom stereocenters. The number of β-amino-alcohol motifs (C(OH)–C–C–N with tert-alkyl or cyclic N) is 1. The minimum atomic E-state index is -0.886. The number of nitro benzene ring substituents is 1. The summed E-state index contributed by atoms with van der Waals surface area (Å²) < 4.78 is 0.509. The molecule has 0 spiro atoms. The number of carbonyl (C=O) groups is 1. The minimum Gasteiger partial charge on any atom is -0.388 e. The summed E-state index contributed by atoms with van der Waals surface area (Å²) in [6.07, 6.45) is 0.505. The second-order valence-corrected chi connectivity index (χ2v) is 5.75. The zero-order valence-corrected chi connectivity index (χ0v) is 11.9. The lowest BCUT2D eigenvalue weighted by molar-refractivity contribution is -0.384. The summed E-state index contributed by atoms with van der Waals surface area (Å²) in [6, 6.07) is 4.07. The predicted octanol–water partition coefficient (Wildman–Crippen LogP) is 1.95. The highest BCUT2D eigenvalue weighted by Gasteiger charge is 2.35. The van der Waals surface area contributed by atoms with Gasteiger partial charge in [-0.05, 0) is 35.3 Å². The highest BCUT2D eigenvalue weighted by atomic mass is 79.9. The third-order valence-corrected chi connectivity index (χ3v) is 3.82. The molecule has 7 heteroatoms. The van der Waals surface area contributed by atoms with E-state index in [0.29, 0.717) is 17.4 Å². The quantitative estimate of drug-likeness (QED) is 0.664. The Morgan fingerprint density at radius 3 is 2.79 bits per heavy atom. The maximum absolute atomic E-state index is 12.3. The summed E-state index contributed by atoms with van der Waals surface area (Å²) >= 11 is 3.22. The highest BCUT2D eigenvalue weighted by molar-refractivity contribution is 9.10. The molecular weight excluding hydrogens is 316 g/mol. The summed E-state index contributed by atoms with van der Waals surface area (Å²) in [4.78, 5) is 24.0. The molecule has 1 fully saturated rings. The first-order valence-electron chi connectivity index (χ1n) is 5.76. The van der Waals surface area contributed by atoms with Crippen LogP contribution in [0, 0.1) is 10.1 Å². The Balaban J connectivity index is 2.29. The molecular formula is C12H13BrN2O4. The smallest absolute Gasteiger partial charge is 0.270 e. The van der Waals surface area contributed by atoms with E-state index in [4.69, 9.17) is 0 Å². The molecule has 6 nitrogen and oxygen atoms in total. The molecule has 1 unspecified atom stereocenters. The van der Waals surface area contributed by atoms with Gasteiger partial charge in [0.25, 0.3) is 11.6 Å². The van der Waals surface area contributed by atoms with Crippen molar-refractivity contribution in [2.75, 3.05) is 13.1 Å². The monoisotopic (exact) mass is 328 g/mol. The van der Waals surface area contributed by atoms with Crippen molar-refractivity contribution >= 4 is 27.5 Å². The molecule has 0 radical (unpaired) electrons. The number of rotatable bonds is 2. The van der Waals surface area contributed by atoms with E-state index in [-0.39, 0.29) is 23.7 Å². The van der Waals surface area contributed by atoms with Crippen LogP contribution in [0.2, 0.25) is 0 Å². The second kappa shape index (κ2) is 4.90. The van der Waals surface area contributed by atoms with Gasteiger partial charge in [-0.3, -0.25) is 14.9 Å². The Hall–Kier alpha value is -1.47. The number of hydrogen-bond acceptors (Lipinski definition) is 4. The van der Waals surface area contributed by atoms with Crippen LogP contribution in [-0.2, 0) is 0 Å². The molecule has 1 saturated heterocycles.